The second kappa shape index (κ2) is 8.19. The van der Waals surface area contributed by atoms with Gasteiger partial charge in [0, 0.05) is 23.4 Å². The highest BCUT2D eigenvalue weighted by atomic mass is 16.7. The summed E-state index contributed by atoms with van der Waals surface area (Å²) in [6.45, 7) is 3.59. The van der Waals surface area contributed by atoms with Gasteiger partial charge >= 0.3 is 0 Å². The van der Waals surface area contributed by atoms with Crippen LogP contribution in [0.2, 0.25) is 0 Å². The van der Waals surface area contributed by atoms with Crippen LogP contribution in [0.5, 0.6) is 23.0 Å². The number of nitrogens with zero attached hydrogens (tertiary/aromatic N) is 1. The molecule has 5 nitrogen and oxygen atoms in total. The van der Waals surface area contributed by atoms with Gasteiger partial charge in [0.2, 0.25) is 6.79 Å². The molecule has 0 amide bonds. The number of hydrogen-bond acceptors (Lipinski definition) is 5. The molecule has 0 aromatic heterocycles. The van der Waals surface area contributed by atoms with E-state index in [0.717, 1.165) is 48.8 Å². The standard InChI is InChI=1S/C28H33NO4/c1-4-7-20-19-10-11-22(30-2)28(31-3)25(19)26(17-8-5-6-9-17)29-13-12-18-14-23-24(33-16-32-23)15-21(18)27(20)29/h10-11,14-15,17,26H,4-9,12-13,16H2,1-3H3. The van der Waals surface area contributed by atoms with Crippen LogP contribution in [0.3, 0.4) is 0 Å². The summed E-state index contributed by atoms with van der Waals surface area (Å²) in [5.74, 6) is 4.12. The number of allylic oxidation sites excluding steroid dienone is 1. The number of rotatable bonds is 5. The van der Waals surface area contributed by atoms with Crippen molar-refractivity contribution in [2.45, 2.75) is 57.9 Å². The summed E-state index contributed by atoms with van der Waals surface area (Å²) in [5.41, 5.74) is 8.17. The van der Waals surface area contributed by atoms with Crippen molar-refractivity contribution < 1.29 is 18.9 Å². The van der Waals surface area contributed by atoms with Gasteiger partial charge in [0.1, 0.15) is 0 Å². The Morgan fingerprint density at radius 1 is 1.00 bits per heavy atom. The third kappa shape index (κ3) is 3.12. The van der Waals surface area contributed by atoms with Crippen LogP contribution in [-0.4, -0.2) is 32.5 Å². The maximum absolute atomic E-state index is 6.05. The highest BCUT2D eigenvalue weighted by Gasteiger charge is 2.43. The second-order valence-corrected chi connectivity index (χ2v) is 9.63. The Morgan fingerprint density at radius 2 is 1.79 bits per heavy atom. The Bertz CT molecular complexity index is 1120. The van der Waals surface area contributed by atoms with E-state index < -0.39 is 0 Å². The fourth-order valence-electron chi connectivity index (χ4n) is 6.59. The predicted molar refractivity (Wildman–Crippen MR) is 129 cm³/mol. The minimum absolute atomic E-state index is 0.307. The molecule has 33 heavy (non-hydrogen) atoms. The van der Waals surface area contributed by atoms with E-state index in [1.54, 1.807) is 14.2 Å². The molecule has 1 atom stereocenters. The van der Waals surface area contributed by atoms with E-state index in [2.05, 4.69) is 36.1 Å². The normalized spacial score (nSPS) is 21.1. The van der Waals surface area contributed by atoms with Gasteiger partial charge in [-0.1, -0.05) is 32.3 Å². The van der Waals surface area contributed by atoms with Gasteiger partial charge in [-0.3, -0.25) is 0 Å². The van der Waals surface area contributed by atoms with Crippen LogP contribution in [0.15, 0.2) is 24.3 Å². The molecule has 2 aromatic carbocycles. The van der Waals surface area contributed by atoms with Gasteiger partial charge < -0.3 is 23.8 Å². The molecule has 1 unspecified atom stereocenters. The molecule has 174 valence electrons. The van der Waals surface area contributed by atoms with Crippen molar-refractivity contribution in [3.63, 3.8) is 0 Å². The summed E-state index contributed by atoms with van der Waals surface area (Å²) in [5, 5.41) is 0. The highest BCUT2D eigenvalue weighted by molar-refractivity contribution is 5.95. The van der Waals surface area contributed by atoms with Crippen molar-refractivity contribution >= 4 is 11.3 Å². The molecule has 2 aromatic rings. The zero-order valence-electron chi connectivity index (χ0n) is 19.9. The molecule has 0 saturated heterocycles. The average Bonchev–Trinajstić information content (AvgIpc) is 3.53. The number of ether oxygens (including phenoxy) is 4. The molecule has 0 radical (unpaired) electrons. The fraction of sp³-hybridized carbons (Fsp3) is 0.500. The molecule has 5 heteroatoms. The molecule has 1 fully saturated rings. The van der Waals surface area contributed by atoms with E-state index in [-0.39, 0.29) is 0 Å². The van der Waals surface area contributed by atoms with Crippen molar-refractivity contribution in [2.24, 2.45) is 5.92 Å². The lowest BCUT2D eigenvalue weighted by atomic mass is 9.76. The molecule has 4 aliphatic rings. The summed E-state index contributed by atoms with van der Waals surface area (Å²) >= 11 is 0. The van der Waals surface area contributed by atoms with Crippen molar-refractivity contribution in [1.82, 2.24) is 4.90 Å². The number of methoxy groups -OCH3 is 2. The van der Waals surface area contributed by atoms with Gasteiger partial charge in [0.05, 0.1) is 20.3 Å². The first kappa shape index (κ1) is 20.8. The monoisotopic (exact) mass is 447 g/mol. The number of fused-ring (bicyclic) bond motifs is 5. The van der Waals surface area contributed by atoms with E-state index in [1.807, 2.05) is 0 Å². The van der Waals surface area contributed by atoms with Gasteiger partial charge in [-0.15, -0.1) is 0 Å². The maximum Gasteiger partial charge on any atom is 0.231 e. The zero-order valence-corrected chi connectivity index (χ0v) is 19.9. The van der Waals surface area contributed by atoms with E-state index in [9.17, 15) is 0 Å². The van der Waals surface area contributed by atoms with Crippen LogP contribution in [0.1, 0.15) is 73.7 Å². The summed E-state index contributed by atoms with van der Waals surface area (Å²) in [6.07, 6.45) is 8.30. The molecular weight excluding hydrogens is 414 g/mol. The van der Waals surface area contributed by atoms with Gasteiger partial charge in [-0.2, -0.15) is 0 Å². The van der Waals surface area contributed by atoms with Crippen LogP contribution in [0.25, 0.3) is 11.3 Å². The molecule has 0 bridgehead atoms. The lowest BCUT2D eigenvalue weighted by molar-refractivity contribution is 0.174. The molecule has 3 aliphatic heterocycles. The number of hydrogen-bond donors (Lipinski definition) is 0. The average molecular weight is 448 g/mol. The number of benzene rings is 2. The van der Waals surface area contributed by atoms with Crippen molar-refractivity contribution in [3.05, 3.63) is 46.5 Å². The van der Waals surface area contributed by atoms with Crippen LogP contribution < -0.4 is 18.9 Å². The molecule has 1 aliphatic carbocycles. The zero-order chi connectivity index (χ0) is 22.5. The summed E-state index contributed by atoms with van der Waals surface area (Å²) in [4.78, 5) is 2.70. The fourth-order valence-corrected chi connectivity index (χ4v) is 6.59. The molecular formula is C28H33NO4. The van der Waals surface area contributed by atoms with E-state index >= 15 is 0 Å². The van der Waals surface area contributed by atoms with Gasteiger partial charge in [-0.25, -0.2) is 0 Å². The minimum Gasteiger partial charge on any atom is -0.493 e. The molecule has 0 N–H and O–H groups in total. The second-order valence-electron chi connectivity index (χ2n) is 9.63. The first-order valence-corrected chi connectivity index (χ1v) is 12.4. The summed E-state index contributed by atoms with van der Waals surface area (Å²) < 4.78 is 23.3. The van der Waals surface area contributed by atoms with Crippen LogP contribution in [0.4, 0.5) is 0 Å². The van der Waals surface area contributed by atoms with Crippen LogP contribution in [0, 0.1) is 5.92 Å². The largest absolute Gasteiger partial charge is 0.493 e. The van der Waals surface area contributed by atoms with E-state index in [4.69, 9.17) is 18.9 Å². The Balaban J connectivity index is 1.63. The van der Waals surface area contributed by atoms with Crippen molar-refractivity contribution in [3.8, 4) is 23.0 Å². The van der Waals surface area contributed by atoms with Crippen molar-refractivity contribution in [2.75, 3.05) is 27.6 Å². The minimum atomic E-state index is 0.307. The Kier molecular flexibility index (Phi) is 5.16. The van der Waals surface area contributed by atoms with E-state index in [0.29, 0.717) is 18.8 Å². The molecule has 1 saturated carbocycles. The first-order valence-electron chi connectivity index (χ1n) is 12.4. The van der Waals surface area contributed by atoms with Crippen LogP contribution >= 0.6 is 0 Å². The SMILES string of the molecule is CCCC1=C2c3cc4c(cc3CCN2C(C2CCCC2)c2c1ccc(OC)c2OC)OCO4. The van der Waals surface area contributed by atoms with Crippen molar-refractivity contribution in [1.29, 1.82) is 0 Å². The third-order valence-electron chi connectivity index (χ3n) is 7.94. The predicted octanol–water partition coefficient (Wildman–Crippen LogP) is 6.20. The molecule has 0 spiro atoms. The first-order chi connectivity index (χ1) is 16.2. The maximum atomic E-state index is 6.05. The van der Waals surface area contributed by atoms with E-state index in [1.165, 1.54) is 59.2 Å². The molecule has 6 rings (SSSR count). The smallest absolute Gasteiger partial charge is 0.231 e. The topological polar surface area (TPSA) is 40.2 Å². The third-order valence-corrected chi connectivity index (χ3v) is 7.94. The molecule has 3 heterocycles. The highest BCUT2D eigenvalue weighted by Crippen LogP contribution is 2.57. The Hall–Kier alpha value is -2.82. The summed E-state index contributed by atoms with van der Waals surface area (Å²) in [6, 6.07) is 9.10. The quantitative estimate of drug-likeness (QED) is 0.545. The van der Waals surface area contributed by atoms with Gasteiger partial charge in [0.25, 0.3) is 0 Å². The van der Waals surface area contributed by atoms with Gasteiger partial charge in [-0.05, 0) is 66.5 Å². The van der Waals surface area contributed by atoms with Gasteiger partial charge in [0.15, 0.2) is 23.0 Å². The lowest BCUT2D eigenvalue weighted by Gasteiger charge is -2.48. The van der Waals surface area contributed by atoms with Crippen LogP contribution in [-0.2, 0) is 6.42 Å². The Morgan fingerprint density at radius 3 is 2.52 bits per heavy atom. The lowest BCUT2D eigenvalue weighted by Crippen LogP contribution is -2.40. The summed E-state index contributed by atoms with van der Waals surface area (Å²) in [7, 11) is 3.53. The Labute approximate surface area is 196 Å².